The van der Waals surface area contributed by atoms with Gasteiger partial charge in [0.05, 0.1) is 16.5 Å². The number of nitrogens with one attached hydrogen (secondary N) is 1. The summed E-state index contributed by atoms with van der Waals surface area (Å²) in [5, 5.41) is 9.77. The van der Waals surface area contributed by atoms with Crippen LogP contribution < -0.4 is 14.4 Å². The zero-order valence-corrected chi connectivity index (χ0v) is 22.8. The number of aryl methyl sites for hydroxylation is 2. The molecule has 38 heavy (non-hydrogen) atoms. The van der Waals surface area contributed by atoms with Gasteiger partial charge in [-0.15, -0.1) is 0 Å². The fraction of sp³-hybridized carbons (Fsp3) is 0.286. The maximum absolute atomic E-state index is 12.6. The Morgan fingerprint density at radius 3 is 2.32 bits per heavy atom. The molecule has 0 bridgehead atoms. The second-order valence-electron chi connectivity index (χ2n) is 9.17. The molecular formula is C28H29ClN4O4S. The number of rotatable bonds is 8. The summed E-state index contributed by atoms with van der Waals surface area (Å²) in [5.41, 5.74) is 3.41. The number of nitriles is 1. The van der Waals surface area contributed by atoms with Crippen LogP contribution in [-0.2, 0) is 10.0 Å². The molecule has 4 rings (SSSR count). The van der Waals surface area contributed by atoms with Crippen molar-refractivity contribution >= 4 is 33.2 Å². The molecule has 1 heterocycles. The number of nitrogens with zero attached hydrogens (tertiary/aromatic N) is 3. The van der Waals surface area contributed by atoms with Gasteiger partial charge in [-0.2, -0.15) is 5.26 Å². The van der Waals surface area contributed by atoms with Crippen molar-refractivity contribution in [3.8, 4) is 11.8 Å². The number of carbonyl (C=O) groups excluding carboxylic acids is 1. The van der Waals surface area contributed by atoms with Gasteiger partial charge in [-0.1, -0.05) is 17.7 Å². The summed E-state index contributed by atoms with van der Waals surface area (Å²) in [6.07, 6.45) is 0. The normalized spacial score (nSPS) is 14.1. The fourth-order valence-corrected chi connectivity index (χ4v) is 5.44. The third kappa shape index (κ3) is 6.64. The molecule has 0 aromatic heterocycles. The largest absolute Gasteiger partial charge is 0.492 e. The number of hydrogen-bond donors (Lipinski definition) is 1. The molecular weight excluding hydrogens is 524 g/mol. The van der Waals surface area contributed by atoms with Gasteiger partial charge in [0.25, 0.3) is 15.9 Å². The van der Waals surface area contributed by atoms with Crippen LogP contribution in [-0.4, -0.2) is 58.6 Å². The Morgan fingerprint density at radius 2 is 1.68 bits per heavy atom. The second kappa shape index (κ2) is 11.9. The summed E-state index contributed by atoms with van der Waals surface area (Å²) < 4.78 is 33.1. The van der Waals surface area contributed by atoms with Gasteiger partial charge in [0.1, 0.15) is 12.4 Å². The molecule has 0 spiro atoms. The summed E-state index contributed by atoms with van der Waals surface area (Å²) in [4.78, 5) is 17.0. The van der Waals surface area contributed by atoms with Gasteiger partial charge in [0.15, 0.2) is 0 Å². The Balaban J connectivity index is 1.27. The smallest absolute Gasteiger partial charge is 0.264 e. The lowest BCUT2D eigenvalue weighted by molar-refractivity contribution is 0.0981. The van der Waals surface area contributed by atoms with E-state index < -0.39 is 15.9 Å². The van der Waals surface area contributed by atoms with Gasteiger partial charge < -0.3 is 9.64 Å². The van der Waals surface area contributed by atoms with E-state index in [1.165, 1.54) is 24.3 Å². The lowest BCUT2D eigenvalue weighted by Crippen LogP contribution is -2.47. The quantitative estimate of drug-likeness (QED) is 0.448. The van der Waals surface area contributed by atoms with Gasteiger partial charge in [-0.3, -0.25) is 9.69 Å². The monoisotopic (exact) mass is 552 g/mol. The Hall–Kier alpha value is -3.58. The van der Waals surface area contributed by atoms with Crippen LogP contribution in [0.25, 0.3) is 0 Å². The molecule has 0 saturated carbocycles. The summed E-state index contributed by atoms with van der Waals surface area (Å²) >= 11 is 6.23. The van der Waals surface area contributed by atoms with Gasteiger partial charge in [-0.05, 0) is 79.6 Å². The molecule has 3 aromatic rings. The van der Waals surface area contributed by atoms with E-state index in [4.69, 9.17) is 21.6 Å². The maximum Gasteiger partial charge on any atom is 0.264 e. The highest BCUT2D eigenvalue weighted by molar-refractivity contribution is 7.90. The van der Waals surface area contributed by atoms with E-state index in [-0.39, 0.29) is 16.0 Å². The van der Waals surface area contributed by atoms with Crippen molar-refractivity contribution in [3.05, 3.63) is 87.9 Å². The molecule has 0 aliphatic carbocycles. The molecule has 3 aromatic carbocycles. The lowest BCUT2D eigenvalue weighted by atomic mass is 10.1. The first kappa shape index (κ1) is 27.5. The summed E-state index contributed by atoms with van der Waals surface area (Å²) in [5.74, 6) is 0.102. The molecule has 10 heteroatoms. The van der Waals surface area contributed by atoms with E-state index in [0.717, 1.165) is 60.3 Å². The number of ether oxygens (including phenoxy) is 1. The number of carbonyl (C=O) groups is 1. The number of anilines is 1. The summed E-state index contributed by atoms with van der Waals surface area (Å²) in [7, 11) is -4.09. The molecule has 1 fully saturated rings. The minimum atomic E-state index is -4.09. The van der Waals surface area contributed by atoms with E-state index in [1.807, 2.05) is 44.2 Å². The van der Waals surface area contributed by atoms with Crippen molar-refractivity contribution in [2.75, 3.05) is 44.2 Å². The van der Waals surface area contributed by atoms with E-state index in [1.54, 1.807) is 12.1 Å². The molecule has 1 amide bonds. The van der Waals surface area contributed by atoms with Crippen molar-refractivity contribution in [1.82, 2.24) is 9.62 Å². The predicted octanol–water partition coefficient (Wildman–Crippen LogP) is 4.15. The Morgan fingerprint density at radius 1 is 1.03 bits per heavy atom. The van der Waals surface area contributed by atoms with E-state index in [9.17, 15) is 13.2 Å². The van der Waals surface area contributed by atoms with Gasteiger partial charge in [0, 0.05) is 49.0 Å². The Labute approximate surface area is 228 Å². The third-order valence-corrected chi connectivity index (χ3v) is 8.38. The van der Waals surface area contributed by atoms with Crippen LogP contribution >= 0.6 is 11.6 Å². The van der Waals surface area contributed by atoms with Crippen LogP contribution in [0, 0.1) is 25.2 Å². The van der Waals surface area contributed by atoms with Crippen molar-refractivity contribution in [2.24, 2.45) is 0 Å². The minimum Gasteiger partial charge on any atom is -0.492 e. The van der Waals surface area contributed by atoms with Crippen molar-refractivity contribution < 1.29 is 17.9 Å². The highest BCUT2D eigenvalue weighted by atomic mass is 35.5. The molecule has 1 aliphatic rings. The Kier molecular flexibility index (Phi) is 8.57. The summed E-state index contributed by atoms with van der Waals surface area (Å²) in [6, 6.07) is 18.2. The molecule has 8 nitrogen and oxygen atoms in total. The number of hydrogen-bond acceptors (Lipinski definition) is 7. The minimum absolute atomic E-state index is 0.136. The van der Waals surface area contributed by atoms with E-state index >= 15 is 0 Å². The van der Waals surface area contributed by atoms with Gasteiger partial charge in [0.2, 0.25) is 0 Å². The first-order chi connectivity index (χ1) is 18.2. The first-order valence-electron chi connectivity index (χ1n) is 12.2. The van der Waals surface area contributed by atoms with Gasteiger partial charge >= 0.3 is 0 Å². The van der Waals surface area contributed by atoms with E-state index in [2.05, 4.69) is 14.5 Å². The van der Waals surface area contributed by atoms with Crippen LogP contribution in [0.4, 0.5) is 5.69 Å². The SMILES string of the molecule is Cc1cc(OCCN2CCN(c3ccc(C(=O)NS(=O)(=O)c4cccc(C#N)c4)cc3)CC2)cc(C)c1Cl. The van der Waals surface area contributed by atoms with E-state index in [0.29, 0.717) is 6.61 Å². The van der Waals surface area contributed by atoms with Crippen LogP contribution in [0.15, 0.2) is 65.6 Å². The second-order valence-corrected chi connectivity index (χ2v) is 11.2. The predicted molar refractivity (Wildman–Crippen MR) is 147 cm³/mol. The zero-order chi connectivity index (χ0) is 27.3. The standard InChI is InChI=1S/C28H29ClN4O4S/c1-20-16-25(17-21(2)27(20)29)37-15-14-32-10-12-33(13-11-32)24-8-6-23(7-9-24)28(34)31-38(35,36)26-5-3-4-22(18-26)19-30/h3-9,16-18H,10-15H2,1-2H3,(H,31,34). The molecule has 198 valence electrons. The third-order valence-electron chi connectivity index (χ3n) is 6.45. The lowest BCUT2D eigenvalue weighted by Gasteiger charge is -2.36. The summed E-state index contributed by atoms with van der Waals surface area (Å²) in [6.45, 7) is 8.77. The molecule has 0 unspecified atom stereocenters. The number of piperazine rings is 1. The maximum atomic E-state index is 12.6. The molecule has 0 radical (unpaired) electrons. The van der Waals surface area contributed by atoms with Crippen LogP contribution in [0.3, 0.4) is 0 Å². The Bertz CT molecular complexity index is 1440. The highest BCUT2D eigenvalue weighted by Gasteiger charge is 2.21. The zero-order valence-electron chi connectivity index (χ0n) is 21.3. The molecule has 1 saturated heterocycles. The van der Waals surface area contributed by atoms with Crippen molar-refractivity contribution in [1.29, 1.82) is 5.26 Å². The average molecular weight is 553 g/mol. The number of benzene rings is 3. The average Bonchev–Trinajstić information content (AvgIpc) is 2.92. The molecule has 1 N–H and O–H groups in total. The highest BCUT2D eigenvalue weighted by Crippen LogP contribution is 2.26. The van der Waals surface area contributed by atoms with Crippen molar-refractivity contribution in [2.45, 2.75) is 18.7 Å². The van der Waals surface area contributed by atoms with Crippen LogP contribution in [0.1, 0.15) is 27.0 Å². The fourth-order valence-electron chi connectivity index (χ4n) is 4.31. The topological polar surface area (TPSA) is 103 Å². The van der Waals surface area contributed by atoms with Crippen LogP contribution in [0.2, 0.25) is 5.02 Å². The molecule has 1 aliphatic heterocycles. The van der Waals surface area contributed by atoms with Gasteiger partial charge in [-0.25, -0.2) is 13.1 Å². The van der Waals surface area contributed by atoms with Crippen LogP contribution in [0.5, 0.6) is 5.75 Å². The number of sulfonamides is 1. The molecule has 0 atom stereocenters. The van der Waals surface area contributed by atoms with Crippen molar-refractivity contribution in [3.63, 3.8) is 0 Å². The number of halogens is 1. The first-order valence-corrected chi connectivity index (χ1v) is 14.1. The number of amides is 1.